The molecule has 0 bridgehead atoms. The molecule has 0 saturated carbocycles. The largest absolute Gasteiger partial charge is 0.368 e. The number of rotatable bonds is 3. The van der Waals surface area contributed by atoms with Gasteiger partial charge in [-0.3, -0.25) is 4.79 Å². The van der Waals surface area contributed by atoms with E-state index in [0.29, 0.717) is 5.91 Å². The van der Waals surface area contributed by atoms with E-state index in [9.17, 15) is 4.79 Å². The molecule has 0 N–H and O–H groups in total. The van der Waals surface area contributed by atoms with E-state index in [1.54, 1.807) is 11.3 Å². The van der Waals surface area contributed by atoms with Gasteiger partial charge in [-0.25, -0.2) is 4.98 Å². The van der Waals surface area contributed by atoms with Crippen LogP contribution in [0.15, 0.2) is 48.5 Å². The Balaban J connectivity index is 1.15. The topological polar surface area (TPSA) is 39.7 Å². The molecule has 2 aliphatic rings. The number of aryl methyl sites for hydroxylation is 1. The number of carbonyl (C=O) groups is 1. The van der Waals surface area contributed by atoms with E-state index < -0.39 is 0 Å². The molecule has 30 heavy (non-hydrogen) atoms. The molecule has 2 aliphatic heterocycles. The van der Waals surface area contributed by atoms with Crippen LogP contribution in [0.1, 0.15) is 18.4 Å². The van der Waals surface area contributed by atoms with Gasteiger partial charge in [0, 0.05) is 50.9 Å². The van der Waals surface area contributed by atoms with Crippen molar-refractivity contribution in [1.82, 2.24) is 9.88 Å². The minimum atomic E-state index is 0.154. The highest BCUT2D eigenvalue weighted by molar-refractivity contribution is 7.22. The van der Waals surface area contributed by atoms with Crippen molar-refractivity contribution < 1.29 is 4.79 Å². The molecule has 1 amide bonds. The molecular weight excluding hydrogens is 392 g/mol. The molecule has 0 aliphatic carbocycles. The lowest BCUT2D eigenvalue weighted by atomic mass is 9.95. The van der Waals surface area contributed by atoms with Crippen molar-refractivity contribution in [3.63, 3.8) is 0 Å². The first-order valence-electron chi connectivity index (χ1n) is 10.9. The molecule has 5 rings (SSSR count). The molecule has 6 heteroatoms. The maximum Gasteiger partial charge on any atom is 0.225 e. The zero-order valence-corrected chi connectivity index (χ0v) is 18.3. The minimum Gasteiger partial charge on any atom is -0.368 e. The summed E-state index contributed by atoms with van der Waals surface area (Å²) in [7, 11) is 0. The number of piperazine rings is 1. The summed E-state index contributed by atoms with van der Waals surface area (Å²) in [5.41, 5.74) is 3.62. The molecule has 156 valence electrons. The van der Waals surface area contributed by atoms with E-state index in [-0.39, 0.29) is 5.92 Å². The average Bonchev–Trinajstić information content (AvgIpc) is 3.23. The van der Waals surface area contributed by atoms with Crippen LogP contribution < -0.4 is 9.80 Å². The van der Waals surface area contributed by atoms with Crippen LogP contribution in [-0.2, 0) is 4.79 Å². The van der Waals surface area contributed by atoms with E-state index in [4.69, 9.17) is 4.98 Å². The van der Waals surface area contributed by atoms with Crippen molar-refractivity contribution in [2.45, 2.75) is 19.8 Å². The van der Waals surface area contributed by atoms with Crippen LogP contribution in [0.3, 0.4) is 0 Å². The first kappa shape index (κ1) is 19.4. The molecule has 2 saturated heterocycles. The van der Waals surface area contributed by atoms with Crippen LogP contribution in [0.4, 0.5) is 10.8 Å². The number of hydrogen-bond acceptors (Lipinski definition) is 5. The highest BCUT2D eigenvalue weighted by Crippen LogP contribution is 2.32. The van der Waals surface area contributed by atoms with Crippen molar-refractivity contribution in [3.8, 4) is 0 Å². The monoisotopic (exact) mass is 420 g/mol. The Bertz CT molecular complexity index is 999. The van der Waals surface area contributed by atoms with E-state index in [1.807, 2.05) is 6.07 Å². The average molecular weight is 421 g/mol. The van der Waals surface area contributed by atoms with Crippen molar-refractivity contribution in [2.75, 3.05) is 49.1 Å². The van der Waals surface area contributed by atoms with Gasteiger partial charge in [0.25, 0.3) is 0 Å². The highest BCUT2D eigenvalue weighted by atomic mass is 32.1. The van der Waals surface area contributed by atoms with Crippen LogP contribution >= 0.6 is 11.3 Å². The quantitative estimate of drug-likeness (QED) is 0.638. The highest BCUT2D eigenvalue weighted by Gasteiger charge is 2.31. The van der Waals surface area contributed by atoms with Crippen LogP contribution in [0.5, 0.6) is 0 Å². The zero-order valence-electron chi connectivity index (χ0n) is 17.5. The number of carbonyl (C=O) groups excluding carboxylic acids is 1. The second kappa shape index (κ2) is 8.26. The number of fused-ring (bicyclic) bond motifs is 1. The van der Waals surface area contributed by atoms with E-state index in [1.165, 1.54) is 16.0 Å². The summed E-state index contributed by atoms with van der Waals surface area (Å²) in [5.74, 6) is 0.504. The van der Waals surface area contributed by atoms with Crippen LogP contribution in [0, 0.1) is 12.8 Å². The van der Waals surface area contributed by atoms with E-state index in [2.05, 4.69) is 64.1 Å². The lowest BCUT2D eigenvalue weighted by Gasteiger charge is -2.39. The summed E-state index contributed by atoms with van der Waals surface area (Å²) in [6.45, 7) is 7.44. The van der Waals surface area contributed by atoms with Crippen molar-refractivity contribution in [3.05, 3.63) is 54.1 Å². The van der Waals surface area contributed by atoms with Gasteiger partial charge in [0.2, 0.25) is 5.91 Å². The van der Waals surface area contributed by atoms with Gasteiger partial charge in [-0.05, 0) is 49.6 Å². The molecule has 1 aromatic heterocycles. The maximum absolute atomic E-state index is 13.1. The molecule has 0 atom stereocenters. The van der Waals surface area contributed by atoms with Crippen LogP contribution in [0.25, 0.3) is 10.2 Å². The first-order valence-corrected chi connectivity index (χ1v) is 11.7. The third-order valence-corrected chi connectivity index (χ3v) is 7.45. The van der Waals surface area contributed by atoms with Crippen molar-refractivity contribution in [2.24, 2.45) is 5.92 Å². The second-order valence-electron chi connectivity index (χ2n) is 8.38. The van der Waals surface area contributed by atoms with Crippen LogP contribution in [0.2, 0.25) is 0 Å². The number of amides is 1. The summed E-state index contributed by atoms with van der Waals surface area (Å²) >= 11 is 1.75. The Hall–Kier alpha value is -2.60. The van der Waals surface area contributed by atoms with E-state index in [0.717, 1.165) is 62.8 Å². The molecule has 2 fully saturated rings. The molecule has 0 radical (unpaired) electrons. The Morgan fingerprint density at radius 3 is 2.43 bits per heavy atom. The molecule has 0 spiro atoms. The Labute approximate surface area is 181 Å². The summed E-state index contributed by atoms with van der Waals surface area (Å²) in [5, 5.41) is 1.09. The van der Waals surface area contributed by atoms with Gasteiger partial charge in [-0.1, -0.05) is 35.6 Å². The van der Waals surface area contributed by atoms with Gasteiger partial charge < -0.3 is 14.7 Å². The molecule has 5 nitrogen and oxygen atoms in total. The fourth-order valence-electron chi connectivity index (χ4n) is 4.58. The number of para-hydroxylation sites is 1. The number of piperidine rings is 1. The van der Waals surface area contributed by atoms with Gasteiger partial charge in [0.1, 0.15) is 0 Å². The summed E-state index contributed by atoms with van der Waals surface area (Å²) in [6.07, 6.45) is 1.85. The Morgan fingerprint density at radius 2 is 1.70 bits per heavy atom. The van der Waals surface area contributed by atoms with Crippen molar-refractivity contribution >= 4 is 38.3 Å². The van der Waals surface area contributed by atoms with Gasteiger partial charge in [-0.2, -0.15) is 0 Å². The molecule has 3 heterocycles. The first-order chi connectivity index (χ1) is 14.7. The maximum atomic E-state index is 13.1. The third kappa shape index (κ3) is 3.88. The molecule has 0 unspecified atom stereocenters. The number of aromatic nitrogens is 1. The number of benzene rings is 2. The Morgan fingerprint density at radius 1 is 0.933 bits per heavy atom. The minimum absolute atomic E-state index is 0.154. The third-order valence-electron chi connectivity index (χ3n) is 6.36. The second-order valence-corrected chi connectivity index (χ2v) is 9.39. The summed E-state index contributed by atoms with van der Waals surface area (Å²) in [6, 6.07) is 16.9. The van der Waals surface area contributed by atoms with Crippen LogP contribution in [-0.4, -0.2) is 55.1 Å². The van der Waals surface area contributed by atoms with Gasteiger partial charge in [0.05, 0.1) is 10.2 Å². The number of hydrogen-bond donors (Lipinski definition) is 0. The smallest absolute Gasteiger partial charge is 0.225 e. The number of nitrogens with zero attached hydrogens (tertiary/aromatic N) is 4. The summed E-state index contributed by atoms with van der Waals surface area (Å²) in [4.78, 5) is 24.7. The summed E-state index contributed by atoms with van der Waals surface area (Å²) < 4.78 is 1.23. The van der Waals surface area contributed by atoms with Crippen molar-refractivity contribution in [1.29, 1.82) is 0 Å². The molecule has 2 aromatic carbocycles. The normalized spacial score (nSPS) is 18.2. The lowest BCUT2D eigenvalue weighted by molar-refractivity contribution is -0.136. The fraction of sp³-hybridized carbons (Fsp3) is 0.417. The molecule has 3 aromatic rings. The van der Waals surface area contributed by atoms with Gasteiger partial charge in [0.15, 0.2) is 5.13 Å². The van der Waals surface area contributed by atoms with Gasteiger partial charge >= 0.3 is 0 Å². The predicted octanol–water partition coefficient (Wildman–Crippen LogP) is 4.17. The molecular formula is C24H28N4OS. The Kier molecular flexibility index (Phi) is 5.34. The zero-order chi connectivity index (χ0) is 20.5. The predicted molar refractivity (Wildman–Crippen MR) is 125 cm³/mol. The van der Waals surface area contributed by atoms with Gasteiger partial charge in [-0.15, -0.1) is 0 Å². The SMILES string of the molecule is Cc1cccc(N2CCN(C(=O)C3CCN(c4nc5ccccc5s4)CC3)CC2)c1. The van der Waals surface area contributed by atoms with E-state index >= 15 is 0 Å². The number of thiazole rings is 1. The lowest BCUT2D eigenvalue weighted by Crippen LogP contribution is -2.51. The standard InChI is InChI=1S/C24H28N4OS/c1-18-5-4-6-20(17-18)26-13-15-27(16-14-26)23(29)19-9-11-28(12-10-19)24-25-21-7-2-3-8-22(21)30-24/h2-8,17,19H,9-16H2,1H3. The fourth-order valence-corrected chi connectivity index (χ4v) is 5.60. The number of anilines is 2.